The number of rotatable bonds is 8. The van der Waals surface area contributed by atoms with Gasteiger partial charge in [-0.25, -0.2) is 0 Å². The van der Waals surface area contributed by atoms with Gasteiger partial charge in [0.05, 0.1) is 12.3 Å². The van der Waals surface area contributed by atoms with Crippen molar-refractivity contribution in [2.75, 3.05) is 0 Å². The summed E-state index contributed by atoms with van der Waals surface area (Å²) in [4.78, 5) is 4.59. The van der Waals surface area contributed by atoms with Gasteiger partial charge in [0.15, 0.2) is 0 Å². The highest BCUT2D eigenvalue weighted by Crippen LogP contribution is 2.26. The number of hydrogen-bond donors (Lipinski definition) is 1. The first-order valence-corrected chi connectivity index (χ1v) is 10.7. The second-order valence-corrected chi connectivity index (χ2v) is 7.56. The third-order valence-electron chi connectivity index (χ3n) is 5.49. The van der Waals surface area contributed by atoms with Gasteiger partial charge in [-0.05, 0) is 46.2 Å². The monoisotopic (exact) mass is 423 g/mol. The second-order valence-electron chi connectivity index (χ2n) is 7.56. The van der Waals surface area contributed by atoms with Gasteiger partial charge < -0.3 is 9.76 Å². The van der Waals surface area contributed by atoms with Crippen molar-refractivity contribution >= 4 is 17.8 Å². The standard InChI is InChI=1S/C27H26BNO2.CH4/c1-2-21-13-17-25(18-14-21)28(24-8-4-3-5-9-24)31-27(26-10-6-7-19-29-26)23-15-11-22(20-30)12-16-23;/h3-19,27,30H,2,20H2,1H3;1H4. The number of hydrogen-bond acceptors (Lipinski definition) is 3. The molecule has 0 amide bonds. The highest BCUT2D eigenvalue weighted by molar-refractivity contribution is 6.80. The quantitative estimate of drug-likeness (QED) is 0.419. The highest BCUT2D eigenvalue weighted by atomic mass is 16.4. The molecule has 1 atom stereocenters. The van der Waals surface area contributed by atoms with Gasteiger partial charge in [0.25, 0.3) is 0 Å². The van der Waals surface area contributed by atoms with Gasteiger partial charge in [-0.3, -0.25) is 4.98 Å². The lowest BCUT2D eigenvalue weighted by Crippen LogP contribution is -2.46. The van der Waals surface area contributed by atoms with E-state index in [4.69, 9.17) is 4.65 Å². The molecule has 162 valence electrons. The van der Waals surface area contributed by atoms with Gasteiger partial charge in [-0.1, -0.05) is 99.3 Å². The maximum Gasteiger partial charge on any atom is 0.362 e. The summed E-state index contributed by atoms with van der Waals surface area (Å²) in [7, 11) is 0. The molecule has 4 rings (SSSR count). The maximum atomic E-state index is 9.43. The SMILES string of the molecule is C.CCc1ccc(B(OC(c2ccc(CO)cc2)c2ccccn2)c2ccccc2)cc1. The van der Waals surface area contributed by atoms with E-state index in [1.165, 1.54) is 5.56 Å². The van der Waals surface area contributed by atoms with Crippen LogP contribution < -0.4 is 10.9 Å². The van der Waals surface area contributed by atoms with E-state index in [1.807, 2.05) is 60.7 Å². The number of aliphatic hydroxyl groups is 1. The molecule has 0 fully saturated rings. The summed E-state index contributed by atoms with van der Waals surface area (Å²) < 4.78 is 6.82. The minimum Gasteiger partial charge on any atom is -0.414 e. The molecule has 4 aromatic rings. The van der Waals surface area contributed by atoms with Crippen LogP contribution in [0.3, 0.4) is 0 Å². The number of aryl methyl sites for hydroxylation is 1. The Kier molecular flexibility index (Phi) is 8.37. The minimum absolute atomic E-state index is 0. The first-order valence-electron chi connectivity index (χ1n) is 10.7. The predicted molar refractivity (Wildman–Crippen MR) is 134 cm³/mol. The fraction of sp³-hybridized carbons (Fsp3) is 0.179. The van der Waals surface area contributed by atoms with Crippen molar-refractivity contribution < 1.29 is 9.76 Å². The molecule has 3 aromatic carbocycles. The minimum atomic E-state index is -0.343. The zero-order chi connectivity index (χ0) is 21.5. The van der Waals surface area contributed by atoms with Gasteiger partial charge in [0.1, 0.15) is 6.10 Å². The number of aliphatic hydroxyl groups excluding tert-OH is 1. The Morgan fingerprint density at radius 1 is 0.781 bits per heavy atom. The topological polar surface area (TPSA) is 42.4 Å². The molecule has 0 spiro atoms. The fourth-order valence-electron chi connectivity index (χ4n) is 3.69. The summed E-state index contributed by atoms with van der Waals surface area (Å²) in [6.07, 6.45) is 2.46. The summed E-state index contributed by atoms with van der Waals surface area (Å²) in [5.41, 5.74) is 6.23. The Bertz CT molecular complexity index is 979. The lowest BCUT2D eigenvalue weighted by atomic mass is 9.55. The summed E-state index contributed by atoms with van der Waals surface area (Å²) in [6, 6.07) is 32.7. The van der Waals surface area contributed by atoms with Crippen LogP contribution in [0.4, 0.5) is 0 Å². The van der Waals surface area contributed by atoms with Crippen LogP contribution in [-0.4, -0.2) is 17.0 Å². The third kappa shape index (κ3) is 5.53. The molecule has 1 N–H and O–H groups in total. The number of pyridine rings is 1. The first kappa shape index (κ1) is 23.5. The molecule has 0 aliphatic carbocycles. The third-order valence-corrected chi connectivity index (χ3v) is 5.49. The predicted octanol–water partition coefficient (Wildman–Crippen LogP) is 4.68. The lowest BCUT2D eigenvalue weighted by Gasteiger charge is -2.24. The zero-order valence-electron chi connectivity index (χ0n) is 17.7. The summed E-state index contributed by atoms with van der Waals surface area (Å²) in [6.45, 7) is 1.94. The van der Waals surface area contributed by atoms with Gasteiger partial charge in [-0.2, -0.15) is 0 Å². The van der Waals surface area contributed by atoms with E-state index in [0.717, 1.165) is 34.2 Å². The molecule has 0 aliphatic heterocycles. The number of aromatic nitrogens is 1. The molecule has 1 unspecified atom stereocenters. The Labute approximate surface area is 191 Å². The number of benzene rings is 3. The molecule has 0 saturated carbocycles. The van der Waals surface area contributed by atoms with Gasteiger partial charge in [0.2, 0.25) is 0 Å². The van der Waals surface area contributed by atoms with E-state index in [-0.39, 0.29) is 27.1 Å². The first-order chi connectivity index (χ1) is 15.3. The van der Waals surface area contributed by atoms with Crippen molar-refractivity contribution in [3.05, 3.63) is 126 Å². The molecule has 32 heavy (non-hydrogen) atoms. The van der Waals surface area contributed by atoms with Crippen molar-refractivity contribution in [1.82, 2.24) is 4.98 Å². The maximum absolute atomic E-state index is 9.43. The average molecular weight is 423 g/mol. The smallest absolute Gasteiger partial charge is 0.362 e. The molecule has 3 nitrogen and oxygen atoms in total. The van der Waals surface area contributed by atoms with Crippen molar-refractivity contribution in [3.63, 3.8) is 0 Å². The largest absolute Gasteiger partial charge is 0.414 e. The Hall–Kier alpha value is -3.21. The van der Waals surface area contributed by atoms with E-state index < -0.39 is 0 Å². The van der Waals surface area contributed by atoms with E-state index in [2.05, 4.69) is 48.3 Å². The molecule has 1 heterocycles. The summed E-state index contributed by atoms with van der Waals surface area (Å²) >= 11 is 0. The van der Waals surface area contributed by atoms with Gasteiger partial charge >= 0.3 is 6.92 Å². The van der Waals surface area contributed by atoms with Crippen LogP contribution in [0.5, 0.6) is 0 Å². The van der Waals surface area contributed by atoms with Crippen LogP contribution in [-0.2, 0) is 17.7 Å². The van der Waals surface area contributed by atoms with Crippen LogP contribution in [0.25, 0.3) is 0 Å². The van der Waals surface area contributed by atoms with Gasteiger partial charge in [-0.15, -0.1) is 0 Å². The van der Waals surface area contributed by atoms with E-state index in [1.54, 1.807) is 6.20 Å². The molecular weight excluding hydrogens is 393 g/mol. The average Bonchev–Trinajstić information content (AvgIpc) is 2.86. The highest BCUT2D eigenvalue weighted by Gasteiger charge is 2.28. The van der Waals surface area contributed by atoms with Crippen molar-refractivity contribution in [3.8, 4) is 0 Å². The van der Waals surface area contributed by atoms with E-state index >= 15 is 0 Å². The summed E-state index contributed by atoms with van der Waals surface area (Å²) in [5, 5.41) is 9.43. The van der Waals surface area contributed by atoms with Crippen molar-refractivity contribution in [2.24, 2.45) is 0 Å². The summed E-state index contributed by atoms with van der Waals surface area (Å²) in [5.74, 6) is 0. The van der Waals surface area contributed by atoms with E-state index in [0.29, 0.717) is 0 Å². The number of nitrogens with zero attached hydrogens (tertiary/aromatic N) is 1. The van der Waals surface area contributed by atoms with Crippen LogP contribution in [0.15, 0.2) is 103 Å². The van der Waals surface area contributed by atoms with Gasteiger partial charge in [0, 0.05) is 6.20 Å². The van der Waals surface area contributed by atoms with Crippen LogP contribution in [0, 0.1) is 0 Å². The molecular formula is C28H30BNO2. The fourth-order valence-corrected chi connectivity index (χ4v) is 3.69. The zero-order valence-corrected chi connectivity index (χ0v) is 17.7. The van der Waals surface area contributed by atoms with Crippen LogP contribution in [0.2, 0.25) is 0 Å². The molecule has 0 radical (unpaired) electrons. The Morgan fingerprint density at radius 3 is 2.00 bits per heavy atom. The lowest BCUT2D eigenvalue weighted by molar-refractivity contribution is 0.253. The van der Waals surface area contributed by atoms with Crippen molar-refractivity contribution in [2.45, 2.75) is 33.5 Å². The van der Waals surface area contributed by atoms with E-state index in [9.17, 15) is 5.11 Å². The molecule has 4 heteroatoms. The molecule has 1 aromatic heterocycles. The normalized spacial score (nSPS) is 11.4. The molecule has 0 bridgehead atoms. The second kappa shape index (κ2) is 11.4. The van der Waals surface area contributed by atoms with Crippen LogP contribution >= 0.6 is 0 Å². The van der Waals surface area contributed by atoms with Crippen LogP contribution in [0.1, 0.15) is 42.8 Å². The molecule has 0 saturated heterocycles. The Morgan fingerprint density at radius 2 is 1.41 bits per heavy atom. The Balaban J connectivity index is 0.00000289. The van der Waals surface area contributed by atoms with Crippen molar-refractivity contribution in [1.29, 1.82) is 0 Å². The molecule has 0 aliphatic rings.